The fourth-order valence-corrected chi connectivity index (χ4v) is 2.18. The molecule has 2 nitrogen and oxygen atoms in total. The molecule has 0 spiro atoms. The van der Waals surface area contributed by atoms with E-state index in [0.717, 1.165) is 11.4 Å². The van der Waals surface area contributed by atoms with Gasteiger partial charge in [0.05, 0.1) is 11.4 Å². The molecule has 0 saturated carbocycles. The van der Waals surface area contributed by atoms with Crippen LogP contribution in [0.1, 0.15) is 51.5 Å². The second kappa shape index (κ2) is 7.21. The Kier molecular flexibility index (Phi) is 5.88. The lowest BCUT2D eigenvalue weighted by Gasteiger charge is -2.21. The van der Waals surface area contributed by atoms with Crippen LogP contribution in [0.3, 0.4) is 0 Å². The quantitative estimate of drug-likeness (QED) is 0.688. The van der Waals surface area contributed by atoms with E-state index < -0.39 is 0 Å². The Morgan fingerprint density at radius 1 is 1.18 bits per heavy atom. The summed E-state index contributed by atoms with van der Waals surface area (Å²) in [5.41, 5.74) is 9.26. The Balaban J connectivity index is 2.70. The average Bonchev–Trinajstić information content (AvgIpc) is 2.31. The van der Waals surface area contributed by atoms with Gasteiger partial charge in [0, 0.05) is 6.04 Å². The summed E-state index contributed by atoms with van der Waals surface area (Å²) in [5, 5.41) is 3.63. The number of rotatable bonds is 7. The van der Waals surface area contributed by atoms with Gasteiger partial charge in [-0.05, 0) is 31.4 Å². The van der Waals surface area contributed by atoms with Crippen LogP contribution in [0.15, 0.2) is 18.2 Å². The maximum absolute atomic E-state index is 6.03. The molecule has 0 aliphatic heterocycles. The standard InChI is InChI=1S/C15H26N2/c1-4-6-10-13(8-5-2)17-15-12(3)9-7-11-14(15)16/h7,9,11,13,17H,4-6,8,10,16H2,1-3H3. The van der Waals surface area contributed by atoms with Gasteiger partial charge in [-0.25, -0.2) is 0 Å². The molecule has 96 valence electrons. The minimum Gasteiger partial charge on any atom is -0.397 e. The molecule has 0 radical (unpaired) electrons. The fourth-order valence-electron chi connectivity index (χ4n) is 2.18. The van der Waals surface area contributed by atoms with Crippen LogP contribution in [-0.2, 0) is 0 Å². The van der Waals surface area contributed by atoms with Crippen molar-refractivity contribution in [3.8, 4) is 0 Å². The summed E-state index contributed by atoms with van der Waals surface area (Å²) in [7, 11) is 0. The molecule has 1 unspecified atom stereocenters. The first-order valence-electron chi connectivity index (χ1n) is 6.80. The van der Waals surface area contributed by atoms with Crippen molar-refractivity contribution in [3.63, 3.8) is 0 Å². The van der Waals surface area contributed by atoms with Gasteiger partial charge in [-0.15, -0.1) is 0 Å². The van der Waals surface area contributed by atoms with Crippen molar-refractivity contribution in [2.24, 2.45) is 0 Å². The van der Waals surface area contributed by atoms with Crippen LogP contribution < -0.4 is 11.1 Å². The highest BCUT2D eigenvalue weighted by molar-refractivity contribution is 5.70. The number of aryl methyl sites for hydroxylation is 1. The summed E-state index contributed by atoms with van der Waals surface area (Å²) in [6.45, 7) is 6.59. The Labute approximate surface area is 106 Å². The van der Waals surface area contributed by atoms with Crippen LogP contribution in [0, 0.1) is 6.92 Å². The second-order valence-electron chi connectivity index (χ2n) is 4.81. The van der Waals surface area contributed by atoms with E-state index >= 15 is 0 Å². The Hall–Kier alpha value is -1.18. The fraction of sp³-hybridized carbons (Fsp3) is 0.600. The van der Waals surface area contributed by atoms with E-state index in [0.29, 0.717) is 6.04 Å². The molecule has 1 aromatic rings. The average molecular weight is 234 g/mol. The highest BCUT2D eigenvalue weighted by Crippen LogP contribution is 2.25. The largest absolute Gasteiger partial charge is 0.397 e. The summed E-state index contributed by atoms with van der Waals surface area (Å²) < 4.78 is 0. The molecule has 1 aromatic carbocycles. The lowest BCUT2D eigenvalue weighted by Crippen LogP contribution is -2.20. The zero-order valence-corrected chi connectivity index (χ0v) is 11.4. The van der Waals surface area contributed by atoms with Crippen LogP contribution >= 0.6 is 0 Å². The van der Waals surface area contributed by atoms with Gasteiger partial charge in [0.1, 0.15) is 0 Å². The van der Waals surface area contributed by atoms with Crippen LogP contribution in [0.2, 0.25) is 0 Å². The molecule has 1 rings (SSSR count). The van der Waals surface area contributed by atoms with Gasteiger partial charge in [0.15, 0.2) is 0 Å². The lowest BCUT2D eigenvalue weighted by molar-refractivity contribution is 0.564. The van der Waals surface area contributed by atoms with Crippen molar-refractivity contribution in [3.05, 3.63) is 23.8 Å². The third-order valence-corrected chi connectivity index (χ3v) is 3.20. The summed E-state index contributed by atoms with van der Waals surface area (Å²) in [4.78, 5) is 0. The molecule has 0 bridgehead atoms. The second-order valence-corrected chi connectivity index (χ2v) is 4.81. The predicted molar refractivity (Wildman–Crippen MR) is 77.4 cm³/mol. The highest BCUT2D eigenvalue weighted by atomic mass is 14.9. The zero-order chi connectivity index (χ0) is 12.7. The number of hydrogen-bond donors (Lipinski definition) is 2. The van der Waals surface area contributed by atoms with Crippen molar-refractivity contribution < 1.29 is 0 Å². The number of nitrogen functional groups attached to an aromatic ring is 1. The molecule has 0 aliphatic carbocycles. The van der Waals surface area contributed by atoms with E-state index in [4.69, 9.17) is 5.73 Å². The SMILES string of the molecule is CCCCC(CCC)Nc1c(C)cccc1N. The van der Waals surface area contributed by atoms with Crippen molar-refractivity contribution in [1.29, 1.82) is 0 Å². The maximum atomic E-state index is 6.03. The van der Waals surface area contributed by atoms with E-state index in [-0.39, 0.29) is 0 Å². The smallest absolute Gasteiger partial charge is 0.0605 e. The zero-order valence-electron chi connectivity index (χ0n) is 11.4. The Bertz CT molecular complexity index is 313. The molecule has 17 heavy (non-hydrogen) atoms. The van der Waals surface area contributed by atoms with Gasteiger partial charge in [-0.1, -0.05) is 45.2 Å². The van der Waals surface area contributed by atoms with Gasteiger partial charge in [0.2, 0.25) is 0 Å². The number of nitrogens with two attached hydrogens (primary N) is 1. The predicted octanol–water partition coefficient (Wildman–Crippen LogP) is 4.35. The first-order chi connectivity index (χ1) is 8.19. The van der Waals surface area contributed by atoms with Crippen molar-refractivity contribution >= 4 is 11.4 Å². The van der Waals surface area contributed by atoms with Gasteiger partial charge in [0.25, 0.3) is 0 Å². The van der Waals surface area contributed by atoms with Gasteiger partial charge in [-0.2, -0.15) is 0 Å². The number of para-hydroxylation sites is 1. The molecule has 0 aromatic heterocycles. The number of benzene rings is 1. The minimum atomic E-state index is 0.559. The third kappa shape index (κ3) is 4.29. The Morgan fingerprint density at radius 3 is 2.53 bits per heavy atom. The normalized spacial score (nSPS) is 12.4. The highest BCUT2D eigenvalue weighted by Gasteiger charge is 2.10. The molecular formula is C15H26N2. The molecule has 3 N–H and O–H groups in total. The summed E-state index contributed by atoms with van der Waals surface area (Å²) in [5.74, 6) is 0. The molecule has 0 aliphatic rings. The van der Waals surface area contributed by atoms with Crippen LogP contribution in [0.4, 0.5) is 11.4 Å². The molecule has 2 heteroatoms. The van der Waals surface area contributed by atoms with Crippen LogP contribution in [-0.4, -0.2) is 6.04 Å². The van der Waals surface area contributed by atoms with Crippen LogP contribution in [0.5, 0.6) is 0 Å². The summed E-state index contributed by atoms with van der Waals surface area (Å²) in [6.07, 6.45) is 6.20. The first-order valence-corrected chi connectivity index (χ1v) is 6.80. The maximum Gasteiger partial charge on any atom is 0.0605 e. The third-order valence-electron chi connectivity index (χ3n) is 3.20. The minimum absolute atomic E-state index is 0.559. The number of unbranched alkanes of at least 4 members (excludes halogenated alkanes) is 1. The number of anilines is 2. The van der Waals surface area contributed by atoms with Crippen molar-refractivity contribution in [1.82, 2.24) is 0 Å². The summed E-state index contributed by atoms with van der Waals surface area (Å²) in [6, 6.07) is 6.65. The van der Waals surface area contributed by atoms with Crippen molar-refractivity contribution in [2.45, 2.75) is 58.9 Å². The van der Waals surface area contributed by atoms with E-state index in [9.17, 15) is 0 Å². The monoisotopic (exact) mass is 234 g/mol. The van der Waals surface area contributed by atoms with Gasteiger partial charge in [-0.3, -0.25) is 0 Å². The molecular weight excluding hydrogens is 208 g/mol. The Morgan fingerprint density at radius 2 is 1.94 bits per heavy atom. The van der Waals surface area contributed by atoms with E-state index in [1.54, 1.807) is 0 Å². The van der Waals surface area contributed by atoms with Crippen LogP contribution in [0.25, 0.3) is 0 Å². The molecule has 0 amide bonds. The number of hydrogen-bond acceptors (Lipinski definition) is 2. The molecule has 1 atom stereocenters. The number of nitrogens with one attached hydrogen (secondary N) is 1. The van der Waals surface area contributed by atoms with Gasteiger partial charge < -0.3 is 11.1 Å². The molecule has 0 fully saturated rings. The topological polar surface area (TPSA) is 38.0 Å². The first kappa shape index (κ1) is 13.9. The van der Waals surface area contributed by atoms with Gasteiger partial charge >= 0.3 is 0 Å². The molecule has 0 heterocycles. The van der Waals surface area contributed by atoms with E-state index in [1.807, 2.05) is 12.1 Å². The molecule has 0 saturated heterocycles. The lowest BCUT2D eigenvalue weighted by atomic mass is 10.0. The van der Waals surface area contributed by atoms with E-state index in [2.05, 4.69) is 32.2 Å². The summed E-state index contributed by atoms with van der Waals surface area (Å²) >= 11 is 0. The van der Waals surface area contributed by atoms with Crippen molar-refractivity contribution in [2.75, 3.05) is 11.1 Å². The van der Waals surface area contributed by atoms with E-state index in [1.165, 1.54) is 37.7 Å².